The van der Waals surface area contributed by atoms with Crippen LogP contribution in [0.3, 0.4) is 0 Å². The average molecular weight is 490 g/mol. The topological polar surface area (TPSA) is 115 Å². The lowest BCUT2D eigenvalue weighted by Gasteiger charge is -2.14. The van der Waals surface area contributed by atoms with E-state index in [0.29, 0.717) is 12.2 Å². The first-order valence-electron chi connectivity index (χ1n) is 12.5. The summed E-state index contributed by atoms with van der Waals surface area (Å²) in [6.07, 6.45) is 7.45. The summed E-state index contributed by atoms with van der Waals surface area (Å²) in [5, 5.41) is 22.1. The molecule has 37 heavy (non-hydrogen) atoms. The van der Waals surface area contributed by atoms with Gasteiger partial charge in [0.05, 0.1) is 34.1 Å². The summed E-state index contributed by atoms with van der Waals surface area (Å²) >= 11 is 0. The lowest BCUT2D eigenvalue weighted by Crippen LogP contribution is -2.18. The summed E-state index contributed by atoms with van der Waals surface area (Å²) in [5.41, 5.74) is 8.02. The number of imidazole rings is 1. The number of anilines is 1. The second-order valence-electron chi connectivity index (χ2n) is 9.10. The summed E-state index contributed by atoms with van der Waals surface area (Å²) in [4.78, 5) is 17.3. The Balaban J connectivity index is 1.37. The highest BCUT2D eigenvalue weighted by molar-refractivity contribution is 5.98. The monoisotopic (exact) mass is 489 g/mol. The molecule has 4 aromatic heterocycles. The second kappa shape index (κ2) is 9.83. The third kappa shape index (κ3) is 4.54. The number of nitrogens with zero attached hydrogens (tertiary/aromatic N) is 4. The molecule has 0 aliphatic carbocycles. The molecule has 4 heterocycles. The predicted molar refractivity (Wildman–Crippen MR) is 147 cm³/mol. The van der Waals surface area contributed by atoms with Crippen LogP contribution in [0, 0.1) is 0 Å². The third-order valence-electron chi connectivity index (χ3n) is 6.48. The molecule has 184 valence electrons. The zero-order valence-electron chi connectivity index (χ0n) is 20.4. The summed E-state index contributed by atoms with van der Waals surface area (Å²) < 4.78 is 0. The number of fused-ring (bicyclic) bond motifs is 2. The van der Waals surface area contributed by atoms with Crippen LogP contribution >= 0.6 is 0 Å². The molecule has 0 bridgehead atoms. The summed E-state index contributed by atoms with van der Waals surface area (Å²) in [6, 6.07) is 20.1. The van der Waals surface area contributed by atoms with E-state index >= 15 is 0 Å². The normalized spacial score (nSPS) is 12.3. The number of hydrogen-bond donors (Lipinski definition) is 4. The van der Waals surface area contributed by atoms with E-state index in [1.54, 1.807) is 12.4 Å². The van der Waals surface area contributed by atoms with Gasteiger partial charge >= 0.3 is 0 Å². The van der Waals surface area contributed by atoms with E-state index in [0.717, 1.165) is 68.5 Å². The third-order valence-corrected chi connectivity index (χ3v) is 6.48. The van der Waals surface area contributed by atoms with Gasteiger partial charge in [-0.3, -0.25) is 15.1 Å². The van der Waals surface area contributed by atoms with Crippen LogP contribution in [-0.2, 0) is 0 Å². The maximum Gasteiger partial charge on any atom is 0.159 e. The van der Waals surface area contributed by atoms with Crippen molar-refractivity contribution in [3.63, 3.8) is 0 Å². The number of aliphatic hydroxyl groups excluding tert-OH is 1. The van der Waals surface area contributed by atoms with E-state index in [4.69, 9.17) is 4.98 Å². The molecule has 1 atom stereocenters. The van der Waals surface area contributed by atoms with Crippen LogP contribution in [0.25, 0.3) is 55.8 Å². The smallest absolute Gasteiger partial charge is 0.159 e. The fraction of sp³-hybridized carbons (Fsp3) is 0.172. The first-order valence-corrected chi connectivity index (χ1v) is 12.5. The largest absolute Gasteiger partial charge is 0.374 e. The molecule has 0 aliphatic heterocycles. The number of nitrogens with one attached hydrogen (secondary N) is 3. The van der Waals surface area contributed by atoms with Crippen molar-refractivity contribution in [1.29, 1.82) is 0 Å². The molecular formula is C29H27N7O. The van der Waals surface area contributed by atoms with Gasteiger partial charge < -0.3 is 15.4 Å². The van der Waals surface area contributed by atoms with Crippen molar-refractivity contribution in [2.45, 2.75) is 32.4 Å². The zero-order chi connectivity index (χ0) is 25.2. The molecule has 8 heteroatoms. The van der Waals surface area contributed by atoms with Gasteiger partial charge in [-0.1, -0.05) is 37.6 Å². The van der Waals surface area contributed by atoms with Crippen molar-refractivity contribution in [1.82, 2.24) is 30.1 Å². The van der Waals surface area contributed by atoms with Crippen LogP contribution in [0.15, 0.2) is 79.3 Å². The fourth-order valence-corrected chi connectivity index (χ4v) is 4.59. The molecule has 6 aromatic rings. The Morgan fingerprint density at radius 1 is 0.973 bits per heavy atom. The van der Waals surface area contributed by atoms with E-state index < -0.39 is 6.23 Å². The number of pyridine rings is 2. The van der Waals surface area contributed by atoms with Crippen molar-refractivity contribution in [2.75, 3.05) is 5.32 Å². The number of aliphatic hydroxyl groups is 1. The number of hydrogen-bond acceptors (Lipinski definition) is 6. The van der Waals surface area contributed by atoms with Crippen molar-refractivity contribution in [3.8, 4) is 33.9 Å². The van der Waals surface area contributed by atoms with Gasteiger partial charge in [0.2, 0.25) is 0 Å². The lowest BCUT2D eigenvalue weighted by atomic mass is 10.0. The molecule has 0 spiro atoms. The highest BCUT2D eigenvalue weighted by Crippen LogP contribution is 2.33. The van der Waals surface area contributed by atoms with Crippen molar-refractivity contribution in [2.24, 2.45) is 0 Å². The van der Waals surface area contributed by atoms with Crippen LogP contribution in [-0.4, -0.2) is 41.5 Å². The van der Waals surface area contributed by atoms with Gasteiger partial charge in [-0.15, -0.1) is 0 Å². The zero-order valence-corrected chi connectivity index (χ0v) is 20.4. The summed E-state index contributed by atoms with van der Waals surface area (Å²) in [6.45, 7) is 2.11. The van der Waals surface area contributed by atoms with Gasteiger partial charge in [0, 0.05) is 28.9 Å². The quantitative estimate of drug-likeness (QED) is 0.191. The number of unbranched alkanes of at least 4 members (excludes halogenated alkanes) is 1. The molecule has 0 saturated carbocycles. The van der Waals surface area contributed by atoms with Crippen molar-refractivity contribution < 1.29 is 5.11 Å². The minimum Gasteiger partial charge on any atom is -0.374 e. The van der Waals surface area contributed by atoms with Gasteiger partial charge in [0.25, 0.3) is 0 Å². The molecule has 8 nitrogen and oxygen atoms in total. The first-order chi connectivity index (χ1) is 18.2. The molecule has 4 N–H and O–H groups in total. The Bertz CT molecular complexity index is 1670. The Kier molecular flexibility index (Phi) is 6.08. The van der Waals surface area contributed by atoms with Gasteiger partial charge in [0.1, 0.15) is 11.9 Å². The van der Waals surface area contributed by atoms with E-state index in [1.165, 1.54) is 0 Å². The summed E-state index contributed by atoms with van der Waals surface area (Å²) in [5.74, 6) is 0.689. The maximum atomic E-state index is 10.3. The number of benzene rings is 2. The lowest BCUT2D eigenvalue weighted by molar-refractivity contribution is 0.190. The Hall–Kier alpha value is -4.56. The van der Waals surface area contributed by atoms with Gasteiger partial charge in [-0.2, -0.15) is 5.10 Å². The first kappa shape index (κ1) is 22.9. The number of H-pyrrole nitrogens is 2. The summed E-state index contributed by atoms with van der Waals surface area (Å²) in [7, 11) is 0. The van der Waals surface area contributed by atoms with Crippen LogP contribution in [0.2, 0.25) is 0 Å². The molecule has 0 aliphatic rings. The SMILES string of the molecule is CCCCC(O)Nc1cncc(-c2ccc3[nH]nc(-c4nc5c(-c6ccccn6)cccc5[nH]4)c3c2)c1. The number of aromatic amines is 2. The molecule has 6 rings (SSSR count). The highest BCUT2D eigenvalue weighted by atomic mass is 16.3. The van der Waals surface area contributed by atoms with E-state index in [1.807, 2.05) is 60.8 Å². The van der Waals surface area contributed by atoms with E-state index in [2.05, 4.69) is 43.5 Å². The van der Waals surface area contributed by atoms with Crippen LogP contribution < -0.4 is 5.32 Å². The predicted octanol–water partition coefficient (Wildman–Crippen LogP) is 6.15. The minimum absolute atomic E-state index is 0.594. The Morgan fingerprint density at radius 2 is 1.92 bits per heavy atom. The minimum atomic E-state index is -0.594. The van der Waals surface area contributed by atoms with Gasteiger partial charge in [0.15, 0.2) is 5.82 Å². The maximum absolute atomic E-state index is 10.3. The van der Waals surface area contributed by atoms with Gasteiger partial charge in [-0.05, 0) is 54.8 Å². The molecule has 2 aromatic carbocycles. The molecular weight excluding hydrogens is 462 g/mol. The van der Waals surface area contributed by atoms with Gasteiger partial charge in [-0.25, -0.2) is 4.98 Å². The van der Waals surface area contributed by atoms with Crippen LogP contribution in [0.4, 0.5) is 5.69 Å². The number of aromatic nitrogens is 6. The molecule has 1 unspecified atom stereocenters. The van der Waals surface area contributed by atoms with Crippen LogP contribution in [0.5, 0.6) is 0 Å². The Labute approximate surface area is 213 Å². The second-order valence-corrected chi connectivity index (χ2v) is 9.10. The van der Waals surface area contributed by atoms with E-state index in [9.17, 15) is 5.11 Å². The molecule has 0 fully saturated rings. The van der Waals surface area contributed by atoms with Crippen LogP contribution in [0.1, 0.15) is 26.2 Å². The molecule has 0 amide bonds. The van der Waals surface area contributed by atoms with Crippen molar-refractivity contribution in [3.05, 3.63) is 79.3 Å². The van der Waals surface area contributed by atoms with Crippen molar-refractivity contribution >= 4 is 27.6 Å². The average Bonchev–Trinajstić information content (AvgIpc) is 3.56. The number of para-hydroxylation sites is 1. The molecule has 0 radical (unpaired) electrons. The highest BCUT2D eigenvalue weighted by Gasteiger charge is 2.16. The molecule has 0 saturated heterocycles. The number of rotatable bonds is 8. The standard InChI is InChI=1S/C29H27N7O/c1-2-3-10-26(37)32-20-14-19(16-30-17-20)18-11-12-24-22(15-18)28(36-35-24)29-33-25-9-6-7-21(27(25)34-29)23-8-4-5-13-31-23/h4-9,11-17,26,32,37H,2-3,10H2,1H3,(H,33,34)(H,35,36). The van der Waals surface area contributed by atoms with E-state index in [-0.39, 0.29) is 0 Å². The fourth-order valence-electron chi connectivity index (χ4n) is 4.59. The Morgan fingerprint density at radius 3 is 2.78 bits per heavy atom.